The lowest BCUT2D eigenvalue weighted by molar-refractivity contribution is -0.0530. The maximum Gasteiger partial charge on any atom is 0.0663 e. The summed E-state index contributed by atoms with van der Waals surface area (Å²) in [6.45, 7) is 4.01. The van der Waals surface area contributed by atoms with E-state index in [-0.39, 0.29) is 5.54 Å². The van der Waals surface area contributed by atoms with Gasteiger partial charge in [0.1, 0.15) is 0 Å². The van der Waals surface area contributed by atoms with Crippen LogP contribution in [0.2, 0.25) is 0 Å². The van der Waals surface area contributed by atoms with Gasteiger partial charge < -0.3 is 10.5 Å². The number of nitrogens with zero attached hydrogens (tertiary/aromatic N) is 1. The summed E-state index contributed by atoms with van der Waals surface area (Å²) in [6.07, 6.45) is 2.18. The van der Waals surface area contributed by atoms with E-state index in [9.17, 15) is 0 Å². The number of nitrogens with two attached hydrogens (primary N) is 1. The molecule has 23 heavy (non-hydrogen) atoms. The van der Waals surface area contributed by atoms with E-state index in [4.69, 9.17) is 10.5 Å². The third kappa shape index (κ3) is 3.99. The topological polar surface area (TPSA) is 38.5 Å². The summed E-state index contributed by atoms with van der Waals surface area (Å²) in [5.74, 6) is 0. The first-order chi connectivity index (χ1) is 11.3. The molecule has 1 aliphatic heterocycles. The zero-order chi connectivity index (χ0) is 16.0. The Hall–Kier alpha value is -1.68. The Morgan fingerprint density at radius 1 is 0.913 bits per heavy atom. The fourth-order valence-electron chi connectivity index (χ4n) is 3.38. The molecule has 0 saturated carbocycles. The standard InChI is InChI=1S/C20H26N2O/c21-16-20(12-7-13-23-17-20)22(14-18-8-3-1-4-9-18)15-19-10-5-2-6-11-19/h1-6,8-11H,7,12-17,21H2. The van der Waals surface area contributed by atoms with E-state index in [0.29, 0.717) is 6.54 Å². The van der Waals surface area contributed by atoms with Gasteiger partial charge in [-0.1, -0.05) is 60.7 Å². The lowest BCUT2D eigenvalue weighted by Gasteiger charge is -2.45. The Bertz CT molecular complexity index is 538. The van der Waals surface area contributed by atoms with Gasteiger partial charge in [0.2, 0.25) is 0 Å². The van der Waals surface area contributed by atoms with Crippen LogP contribution in [0.25, 0.3) is 0 Å². The molecule has 3 rings (SSSR count). The van der Waals surface area contributed by atoms with Crippen molar-refractivity contribution in [2.45, 2.75) is 31.5 Å². The Labute approximate surface area is 139 Å². The molecule has 0 radical (unpaired) electrons. The summed E-state index contributed by atoms with van der Waals surface area (Å²) < 4.78 is 5.81. The summed E-state index contributed by atoms with van der Waals surface area (Å²) in [6, 6.07) is 21.3. The molecular weight excluding hydrogens is 284 g/mol. The van der Waals surface area contributed by atoms with E-state index in [0.717, 1.165) is 39.1 Å². The molecule has 2 N–H and O–H groups in total. The Morgan fingerprint density at radius 3 is 1.91 bits per heavy atom. The molecule has 0 spiro atoms. The van der Waals surface area contributed by atoms with Crippen LogP contribution in [0.4, 0.5) is 0 Å². The quantitative estimate of drug-likeness (QED) is 0.890. The highest BCUT2D eigenvalue weighted by molar-refractivity contribution is 5.18. The minimum Gasteiger partial charge on any atom is -0.379 e. The lowest BCUT2D eigenvalue weighted by Crippen LogP contribution is -2.58. The predicted molar refractivity (Wildman–Crippen MR) is 94.0 cm³/mol. The highest BCUT2D eigenvalue weighted by atomic mass is 16.5. The summed E-state index contributed by atoms with van der Waals surface area (Å²) in [5.41, 5.74) is 8.80. The van der Waals surface area contributed by atoms with Crippen LogP contribution in [-0.2, 0) is 17.8 Å². The third-order valence-corrected chi connectivity index (χ3v) is 4.78. The average molecular weight is 310 g/mol. The van der Waals surface area contributed by atoms with Crippen LogP contribution >= 0.6 is 0 Å². The molecule has 0 aliphatic carbocycles. The summed E-state index contributed by atoms with van der Waals surface area (Å²) in [4.78, 5) is 2.51. The zero-order valence-corrected chi connectivity index (χ0v) is 13.7. The van der Waals surface area contributed by atoms with Gasteiger partial charge in [-0.2, -0.15) is 0 Å². The Morgan fingerprint density at radius 2 is 1.48 bits per heavy atom. The monoisotopic (exact) mass is 310 g/mol. The summed E-state index contributed by atoms with van der Waals surface area (Å²) in [7, 11) is 0. The van der Waals surface area contributed by atoms with Crippen molar-refractivity contribution in [3.05, 3.63) is 71.8 Å². The number of hydrogen-bond donors (Lipinski definition) is 1. The molecule has 122 valence electrons. The zero-order valence-electron chi connectivity index (χ0n) is 13.7. The van der Waals surface area contributed by atoms with Crippen molar-refractivity contribution < 1.29 is 4.74 Å². The second-order valence-electron chi connectivity index (χ2n) is 6.41. The van der Waals surface area contributed by atoms with Gasteiger partial charge in [-0.3, -0.25) is 4.90 Å². The first kappa shape index (κ1) is 16.2. The van der Waals surface area contributed by atoms with Crippen LogP contribution in [0.3, 0.4) is 0 Å². The van der Waals surface area contributed by atoms with Crippen molar-refractivity contribution in [2.75, 3.05) is 19.8 Å². The molecule has 3 heteroatoms. The number of ether oxygens (including phenoxy) is 1. The number of benzene rings is 2. The number of hydrogen-bond acceptors (Lipinski definition) is 3. The Kier molecular flexibility index (Phi) is 5.44. The SMILES string of the molecule is NCC1(N(Cc2ccccc2)Cc2ccccc2)CCCOC1. The molecule has 1 atom stereocenters. The van der Waals surface area contributed by atoms with E-state index in [1.165, 1.54) is 11.1 Å². The molecule has 0 bridgehead atoms. The van der Waals surface area contributed by atoms with Crippen LogP contribution in [0.1, 0.15) is 24.0 Å². The molecule has 3 nitrogen and oxygen atoms in total. The molecule has 2 aromatic carbocycles. The normalized spacial score (nSPS) is 21.5. The van der Waals surface area contributed by atoms with Gasteiger partial charge in [-0.25, -0.2) is 0 Å². The fraction of sp³-hybridized carbons (Fsp3) is 0.400. The molecule has 1 unspecified atom stereocenters. The van der Waals surface area contributed by atoms with Crippen LogP contribution in [0, 0.1) is 0 Å². The van der Waals surface area contributed by atoms with Gasteiger partial charge in [0, 0.05) is 26.2 Å². The van der Waals surface area contributed by atoms with Gasteiger partial charge in [-0.05, 0) is 24.0 Å². The molecule has 1 aliphatic rings. The van der Waals surface area contributed by atoms with Gasteiger partial charge in [0.05, 0.1) is 12.1 Å². The van der Waals surface area contributed by atoms with Crippen molar-refractivity contribution in [3.8, 4) is 0 Å². The first-order valence-corrected chi connectivity index (χ1v) is 8.43. The van der Waals surface area contributed by atoms with E-state index < -0.39 is 0 Å². The van der Waals surface area contributed by atoms with Crippen LogP contribution in [0.5, 0.6) is 0 Å². The maximum atomic E-state index is 6.22. The molecule has 1 saturated heterocycles. The molecular formula is C20H26N2O. The smallest absolute Gasteiger partial charge is 0.0663 e. The molecule has 1 fully saturated rings. The van der Waals surface area contributed by atoms with Crippen molar-refractivity contribution >= 4 is 0 Å². The largest absolute Gasteiger partial charge is 0.379 e. The van der Waals surface area contributed by atoms with Gasteiger partial charge in [0.15, 0.2) is 0 Å². The third-order valence-electron chi connectivity index (χ3n) is 4.78. The molecule has 2 aromatic rings. The minimum atomic E-state index is -0.0655. The second-order valence-corrected chi connectivity index (χ2v) is 6.41. The maximum absolute atomic E-state index is 6.22. The van der Waals surface area contributed by atoms with Crippen molar-refractivity contribution in [3.63, 3.8) is 0 Å². The predicted octanol–water partition coefficient (Wildman–Crippen LogP) is 3.20. The second kappa shape index (κ2) is 7.73. The van der Waals surface area contributed by atoms with Gasteiger partial charge in [-0.15, -0.1) is 0 Å². The average Bonchev–Trinajstić information content (AvgIpc) is 2.63. The molecule has 0 amide bonds. The van der Waals surface area contributed by atoms with Crippen LogP contribution in [-0.4, -0.2) is 30.2 Å². The van der Waals surface area contributed by atoms with E-state index >= 15 is 0 Å². The van der Waals surface area contributed by atoms with Crippen LogP contribution in [0.15, 0.2) is 60.7 Å². The van der Waals surface area contributed by atoms with Crippen molar-refractivity contribution in [1.29, 1.82) is 0 Å². The highest BCUT2D eigenvalue weighted by Crippen LogP contribution is 2.29. The van der Waals surface area contributed by atoms with Crippen molar-refractivity contribution in [2.24, 2.45) is 5.73 Å². The highest BCUT2D eigenvalue weighted by Gasteiger charge is 2.37. The fourth-order valence-corrected chi connectivity index (χ4v) is 3.38. The lowest BCUT2D eigenvalue weighted by atomic mass is 9.89. The van der Waals surface area contributed by atoms with E-state index in [1.54, 1.807) is 0 Å². The van der Waals surface area contributed by atoms with Gasteiger partial charge in [0.25, 0.3) is 0 Å². The van der Waals surface area contributed by atoms with Gasteiger partial charge >= 0.3 is 0 Å². The molecule has 0 aromatic heterocycles. The van der Waals surface area contributed by atoms with E-state index in [2.05, 4.69) is 65.6 Å². The number of rotatable bonds is 6. The van der Waals surface area contributed by atoms with E-state index in [1.807, 2.05) is 0 Å². The first-order valence-electron chi connectivity index (χ1n) is 8.43. The summed E-state index contributed by atoms with van der Waals surface area (Å²) in [5, 5.41) is 0. The van der Waals surface area contributed by atoms with Crippen molar-refractivity contribution in [1.82, 2.24) is 4.90 Å². The molecule has 1 heterocycles. The minimum absolute atomic E-state index is 0.0655. The summed E-state index contributed by atoms with van der Waals surface area (Å²) >= 11 is 0. The Balaban J connectivity index is 1.85. The van der Waals surface area contributed by atoms with Crippen LogP contribution < -0.4 is 5.73 Å².